The summed E-state index contributed by atoms with van der Waals surface area (Å²) in [7, 11) is -9.91. The van der Waals surface area contributed by atoms with Crippen LogP contribution in [0.15, 0.2) is 0 Å². The minimum absolute atomic E-state index is 0.105. The molecular formula is C73H142O17P2. The number of hydrogen-bond acceptors (Lipinski definition) is 15. The second-order valence-electron chi connectivity index (χ2n) is 27.5. The highest BCUT2D eigenvalue weighted by molar-refractivity contribution is 7.47. The van der Waals surface area contributed by atoms with Crippen molar-refractivity contribution in [1.82, 2.24) is 0 Å². The van der Waals surface area contributed by atoms with Gasteiger partial charge in [0.05, 0.1) is 26.4 Å². The lowest BCUT2D eigenvalue weighted by molar-refractivity contribution is -0.161. The van der Waals surface area contributed by atoms with E-state index in [-0.39, 0.29) is 25.7 Å². The highest BCUT2D eigenvalue weighted by Gasteiger charge is 2.30. The van der Waals surface area contributed by atoms with Crippen molar-refractivity contribution in [3.05, 3.63) is 0 Å². The van der Waals surface area contributed by atoms with Crippen molar-refractivity contribution in [3.63, 3.8) is 0 Å². The summed E-state index contributed by atoms with van der Waals surface area (Å²) in [5.74, 6) is 0.151. The molecule has 19 heteroatoms. The SMILES string of the molecule is CCCCCCCCCCCCCCCCCC(=O)O[C@H](COC(=O)CCCCCCCCCCCCC(C)CC)COP(=O)(O)OC[C@@H](O)COP(=O)(O)OC[C@@H](COC(=O)CCCCCCCCCCC(C)C)OC(=O)CCCCCCCCCCCC(C)C. The molecule has 0 fully saturated rings. The Morgan fingerprint density at radius 1 is 0.315 bits per heavy atom. The zero-order valence-corrected chi connectivity index (χ0v) is 61.8. The molecule has 0 aromatic rings. The van der Waals surface area contributed by atoms with Crippen LogP contribution in [0.1, 0.15) is 370 Å². The van der Waals surface area contributed by atoms with Gasteiger partial charge in [-0.05, 0) is 43.4 Å². The molecule has 546 valence electrons. The number of phosphoric acid groups is 2. The number of carbonyl (C=O) groups excluding carboxylic acids is 4. The van der Waals surface area contributed by atoms with Gasteiger partial charge in [0.25, 0.3) is 0 Å². The second-order valence-corrected chi connectivity index (χ2v) is 30.4. The Morgan fingerprint density at radius 2 is 0.554 bits per heavy atom. The molecule has 0 radical (unpaired) electrons. The molecular weight excluding hydrogens is 1210 g/mol. The number of unbranched alkanes of at least 4 members (excludes halogenated alkanes) is 38. The van der Waals surface area contributed by atoms with E-state index in [0.717, 1.165) is 108 Å². The van der Waals surface area contributed by atoms with Gasteiger partial charge in [0.15, 0.2) is 12.2 Å². The first kappa shape index (κ1) is 90.1. The monoisotopic (exact) mass is 1350 g/mol. The minimum atomic E-state index is -4.95. The number of esters is 4. The molecule has 17 nitrogen and oxygen atoms in total. The van der Waals surface area contributed by atoms with Crippen LogP contribution in [0.5, 0.6) is 0 Å². The fraction of sp³-hybridized carbons (Fsp3) is 0.945. The summed E-state index contributed by atoms with van der Waals surface area (Å²) in [6.45, 7) is 11.8. The lowest BCUT2D eigenvalue weighted by atomic mass is 9.99. The van der Waals surface area contributed by atoms with Gasteiger partial charge in [0, 0.05) is 25.7 Å². The first-order valence-corrected chi connectivity index (χ1v) is 40.9. The number of hydrogen-bond donors (Lipinski definition) is 3. The molecule has 0 aliphatic carbocycles. The molecule has 0 rings (SSSR count). The van der Waals surface area contributed by atoms with E-state index in [0.29, 0.717) is 25.7 Å². The fourth-order valence-corrected chi connectivity index (χ4v) is 12.6. The van der Waals surface area contributed by atoms with Crippen molar-refractivity contribution in [2.45, 2.75) is 388 Å². The molecule has 0 aromatic carbocycles. The van der Waals surface area contributed by atoms with E-state index in [1.807, 2.05) is 0 Å². The first-order chi connectivity index (χ1) is 44.3. The molecule has 0 aliphatic heterocycles. The number of aliphatic hydroxyl groups excluding tert-OH is 1. The molecule has 0 spiro atoms. The summed E-state index contributed by atoms with van der Waals surface area (Å²) in [6, 6.07) is 0. The van der Waals surface area contributed by atoms with Crippen LogP contribution in [0.3, 0.4) is 0 Å². The van der Waals surface area contributed by atoms with Crippen molar-refractivity contribution in [2.75, 3.05) is 39.6 Å². The molecule has 6 atom stereocenters. The maximum atomic E-state index is 13.1. The maximum Gasteiger partial charge on any atom is 0.472 e. The van der Waals surface area contributed by atoms with Crippen molar-refractivity contribution >= 4 is 39.5 Å². The fourth-order valence-electron chi connectivity index (χ4n) is 11.0. The lowest BCUT2D eigenvalue weighted by Gasteiger charge is -2.21. The third kappa shape index (κ3) is 65.4. The van der Waals surface area contributed by atoms with Gasteiger partial charge < -0.3 is 33.8 Å². The molecule has 0 amide bonds. The van der Waals surface area contributed by atoms with Gasteiger partial charge in [-0.15, -0.1) is 0 Å². The number of ether oxygens (including phenoxy) is 4. The molecule has 0 saturated heterocycles. The average molecular weight is 1350 g/mol. The van der Waals surface area contributed by atoms with Crippen molar-refractivity contribution in [2.24, 2.45) is 17.8 Å². The van der Waals surface area contributed by atoms with Gasteiger partial charge in [-0.1, -0.05) is 318 Å². The molecule has 0 aromatic heterocycles. The van der Waals surface area contributed by atoms with E-state index in [9.17, 15) is 43.2 Å². The van der Waals surface area contributed by atoms with Crippen LogP contribution >= 0.6 is 15.6 Å². The van der Waals surface area contributed by atoms with Crippen LogP contribution in [0, 0.1) is 17.8 Å². The Hall–Kier alpha value is -1.94. The van der Waals surface area contributed by atoms with Gasteiger partial charge in [0.1, 0.15) is 19.3 Å². The molecule has 3 unspecified atom stereocenters. The summed E-state index contributed by atoms with van der Waals surface area (Å²) >= 11 is 0. The Balaban J connectivity index is 5.27. The van der Waals surface area contributed by atoms with Gasteiger partial charge in [-0.3, -0.25) is 37.3 Å². The molecule has 0 aliphatic rings. The number of rotatable bonds is 71. The van der Waals surface area contributed by atoms with E-state index in [1.165, 1.54) is 180 Å². The topological polar surface area (TPSA) is 237 Å². The van der Waals surface area contributed by atoms with E-state index in [2.05, 4.69) is 48.5 Å². The van der Waals surface area contributed by atoms with Crippen molar-refractivity contribution in [3.8, 4) is 0 Å². The number of aliphatic hydroxyl groups is 1. The van der Waals surface area contributed by atoms with E-state index < -0.39 is 97.5 Å². The van der Waals surface area contributed by atoms with Gasteiger partial charge in [-0.2, -0.15) is 0 Å². The largest absolute Gasteiger partial charge is 0.472 e. The molecule has 3 N–H and O–H groups in total. The Labute approximate surface area is 562 Å². The highest BCUT2D eigenvalue weighted by atomic mass is 31.2. The Morgan fingerprint density at radius 3 is 0.826 bits per heavy atom. The van der Waals surface area contributed by atoms with Crippen molar-refractivity contribution < 1.29 is 80.2 Å². The van der Waals surface area contributed by atoms with Crippen LogP contribution in [0.2, 0.25) is 0 Å². The lowest BCUT2D eigenvalue weighted by Crippen LogP contribution is -2.30. The van der Waals surface area contributed by atoms with E-state index >= 15 is 0 Å². The van der Waals surface area contributed by atoms with Crippen LogP contribution in [0.4, 0.5) is 0 Å². The zero-order valence-electron chi connectivity index (χ0n) is 60.0. The average Bonchev–Trinajstić information content (AvgIpc) is 2.81. The Kier molecular flexibility index (Phi) is 62.4. The zero-order chi connectivity index (χ0) is 68.0. The summed E-state index contributed by atoms with van der Waals surface area (Å²) in [5, 5.41) is 10.6. The van der Waals surface area contributed by atoms with Gasteiger partial charge in [0.2, 0.25) is 0 Å². The van der Waals surface area contributed by atoms with Crippen LogP contribution in [0.25, 0.3) is 0 Å². The molecule has 0 bridgehead atoms. The summed E-state index contributed by atoms with van der Waals surface area (Å²) in [4.78, 5) is 72.7. The predicted molar refractivity (Wildman–Crippen MR) is 372 cm³/mol. The van der Waals surface area contributed by atoms with Crippen LogP contribution in [-0.4, -0.2) is 96.7 Å². The predicted octanol–water partition coefficient (Wildman–Crippen LogP) is 21.0. The minimum Gasteiger partial charge on any atom is -0.462 e. The molecule has 0 saturated carbocycles. The van der Waals surface area contributed by atoms with Crippen LogP contribution < -0.4 is 0 Å². The second kappa shape index (κ2) is 63.8. The molecule has 0 heterocycles. The third-order valence-corrected chi connectivity index (χ3v) is 19.1. The van der Waals surface area contributed by atoms with Crippen LogP contribution in [-0.2, 0) is 65.4 Å². The summed E-state index contributed by atoms with van der Waals surface area (Å²) in [5.41, 5.74) is 0. The van der Waals surface area contributed by atoms with E-state index in [4.69, 9.17) is 37.0 Å². The highest BCUT2D eigenvalue weighted by Crippen LogP contribution is 2.45. The first-order valence-electron chi connectivity index (χ1n) is 37.9. The summed E-state index contributed by atoms with van der Waals surface area (Å²) in [6.07, 6.45) is 48.5. The Bertz CT molecular complexity index is 1800. The smallest absolute Gasteiger partial charge is 0.462 e. The van der Waals surface area contributed by atoms with Gasteiger partial charge in [-0.25, -0.2) is 9.13 Å². The van der Waals surface area contributed by atoms with E-state index in [1.54, 1.807) is 0 Å². The number of phosphoric ester groups is 2. The normalized spacial score (nSPS) is 14.4. The summed E-state index contributed by atoms with van der Waals surface area (Å²) < 4.78 is 68.4. The van der Waals surface area contributed by atoms with Gasteiger partial charge >= 0.3 is 39.5 Å². The van der Waals surface area contributed by atoms with Crippen molar-refractivity contribution in [1.29, 1.82) is 0 Å². The maximum absolute atomic E-state index is 13.1. The standard InChI is InChI=1S/C73H142O17P2/c1-8-10-11-12-13-14-15-16-17-18-19-26-35-42-49-56-72(77)89-68(60-83-70(75)54-47-40-33-25-21-20-24-32-39-46-53-66(7)9-2)62-87-91(79,80)85-58-67(74)59-86-92(81,82)88-63-69(61-84-71(76)55-48-41-34-29-28-31-38-45-52-65(5)6)90-73(78)57-50-43-36-27-22-23-30-37-44-51-64(3)4/h64-69,74H,8-63H2,1-7H3,(H,79,80)(H,81,82)/t66?,67-,68-,69-/m1/s1. The molecule has 92 heavy (non-hydrogen) atoms. The quantitative estimate of drug-likeness (QED) is 0.0222. The number of carbonyl (C=O) groups is 4. The third-order valence-electron chi connectivity index (χ3n) is 17.2.